The third-order valence-corrected chi connectivity index (χ3v) is 3.54. The zero-order valence-electron chi connectivity index (χ0n) is 11.9. The molecule has 0 aliphatic heterocycles. The first-order chi connectivity index (χ1) is 9.43. The number of alkyl halides is 1. The van der Waals surface area contributed by atoms with E-state index >= 15 is 0 Å². The number of methoxy groups -OCH3 is 1. The van der Waals surface area contributed by atoms with E-state index in [1.165, 1.54) is 0 Å². The van der Waals surface area contributed by atoms with Crippen LogP contribution in [-0.2, 0) is 11.3 Å². The second-order valence-electron chi connectivity index (χ2n) is 5.12. The molecule has 0 heterocycles. The molecule has 0 atom stereocenters. The highest BCUT2D eigenvalue weighted by molar-refractivity contribution is 9.10. The van der Waals surface area contributed by atoms with Crippen LogP contribution >= 0.6 is 15.9 Å². The molecule has 0 aliphatic carbocycles. The number of carbonyl (C=O) groups is 1. The third kappa shape index (κ3) is 3.12. The van der Waals surface area contributed by atoms with E-state index in [0.29, 0.717) is 6.54 Å². The zero-order valence-corrected chi connectivity index (χ0v) is 13.5. The maximum Gasteiger partial charge on any atom is 0.236 e. The quantitative estimate of drug-likeness (QED) is 0.866. The average molecular weight is 336 g/mol. The van der Waals surface area contributed by atoms with Gasteiger partial charge < -0.3 is 10.1 Å². The van der Waals surface area contributed by atoms with Crippen LogP contribution in [0.5, 0.6) is 5.75 Å². The highest BCUT2D eigenvalue weighted by Gasteiger charge is 2.23. The van der Waals surface area contributed by atoms with Crippen molar-refractivity contribution in [1.82, 2.24) is 5.32 Å². The average Bonchev–Trinajstić information content (AvgIpc) is 2.43. The van der Waals surface area contributed by atoms with Crippen LogP contribution in [-0.4, -0.2) is 17.3 Å². The smallest absolute Gasteiger partial charge is 0.236 e. The largest absolute Gasteiger partial charge is 0.496 e. The van der Waals surface area contributed by atoms with Crippen LogP contribution in [0.1, 0.15) is 19.4 Å². The molecule has 0 saturated heterocycles. The second kappa shape index (κ2) is 5.83. The summed E-state index contributed by atoms with van der Waals surface area (Å²) >= 11 is 3.36. The fourth-order valence-corrected chi connectivity index (χ4v) is 2.21. The number of benzene rings is 2. The van der Waals surface area contributed by atoms with E-state index in [0.717, 1.165) is 22.1 Å². The summed E-state index contributed by atoms with van der Waals surface area (Å²) in [6, 6.07) is 12.0. The molecule has 0 saturated carbocycles. The van der Waals surface area contributed by atoms with Gasteiger partial charge >= 0.3 is 0 Å². The molecular weight excluding hydrogens is 318 g/mol. The Morgan fingerprint density at radius 3 is 2.60 bits per heavy atom. The standard InChI is InChI=1S/C16H18BrNO2/c1-16(2,17)15(19)18-10-13-12-7-5-4-6-11(12)8-9-14(13)20-3/h4-9H,10H2,1-3H3,(H,18,19). The van der Waals surface area contributed by atoms with E-state index in [-0.39, 0.29) is 5.91 Å². The Hall–Kier alpha value is -1.55. The Morgan fingerprint density at radius 2 is 1.95 bits per heavy atom. The van der Waals surface area contributed by atoms with Crippen molar-refractivity contribution in [2.24, 2.45) is 0 Å². The Labute approximate surface area is 127 Å². The number of fused-ring (bicyclic) bond motifs is 1. The molecule has 0 unspecified atom stereocenters. The number of carbonyl (C=O) groups excluding carboxylic acids is 1. The van der Waals surface area contributed by atoms with Gasteiger partial charge in [-0.15, -0.1) is 0 Å². The summed E-state index contributed by atoms with van der Waals surface area (Å²) in [6.07, 6.45) is 0. The first-order valence-corrected chi connectivity index (χ1v) is 7.24. The highest BCUT2D eigenvalue weighted by Crippen LogP contribution is 2.28. The van der Waals surface area contributed by atoms with Crippen LogP contribution < -0.4 is 10.1 Å². The Bertz CT molecular complexity index is 632. The van der Waals surface area contributed by atoms with Crippen molar-refractivity contribution < 1.29 is 9.53 Å². The van der Waals surface area contributed by atoms with Crippen molar-refractivity contribution in [3.05, 3.63) is 42.0 Å². The lowest BCUT2D eigenvalue weighted by atomic mass is 10.0. The number of ether oxygens (including phenoxy) is 1. The summed E-state index contributed by atoms with van der Waals surface area (Å²) in [7, 11) is 1.64. The molecule has 0 fully saturated rings. The molecule has 0 aliphatic rings. The SMILES string of the molecule is COc1ccc2ccccc2c1CNC(=O)C(C)(C)Br. The molecule has 106 valence electrons. The Balaban J connectivity index is 2.35. The third-order valence-electron chi connectivity index (χ3n) is 3.18. The van der Waals surface area contributed by atoms with Crippen molar-refractivity contribution in [2.45, 2.75) is 24.7 Å². The molecule has 2 rings (SSSR count). The predicted octanol–water partition coefficient (Wildman–Crippen LogP) is 3.64. The van der Waals surface area contributed by atoms with Gasteiger partial charge in [0.05, 0.1) is 11.4 Å². The number of halogens is 1. The summed E-state index contributed by atoms with van der Waals surface area (Å²) < 4.78 is 4.83. The molecule has 2 aromatic rings. The van der Waals surface area contributed by atoms with Crippen molar-refractivity contribution in [2.75, 3.05) is 7.11 Å². The maximum absolute atomic E-state index is 12.0. The predicted molar refractivity (Wildman–Crippen MR) is 85.4 cm³/mol. The van der Waals surface area contributed by atoms with E-state index in [1.54, 1.807) is 7.11 Å². The van der Waals surface area contributed by atoms with Gasteiger partial charge in [-0.25, -0.2) is 0 Å². The van der Waals surface area contributed by atoms with Gasteiger partial charge in [-0.05, 0) is 30.7 Å². The van der Waals surface area contributed by atoms with E-state index in [4.69, 9.17) is 4.74 Å². The summed E-state index contributed by atoms with van der Waals surface area (Å²) in [5.41, 5.74) is 0.996. The Morgan fingerprint density at radius 1 is 1.25 bits per heavy atom. The number of amides is 1. The normalized spacial score (nSPS) is 11.4. The zero-order chi connectivity index (χ0) is 14.8. The van der Waals surface area contributed by atoms with Crippen LogP contribution in [0.4, 0.5) is 0 Å². The van der Waals surface area contributed by atoms with Crippen LogP contribution in [0, 0.1) is 0 Å². The van der Waals surface area contributed by atoms with Crippen LogP contribution in [0.2, 0.25) is 0 Å². The number of rotatable bonds is 4. The number of hydrogen-bond donors (Lipinski definition) is 1. The molecule has 1 N–H and O–H groups in total. The van der Waals surface area contributed by atoms with Gasteiger partial charge in [0, 0.05) is 12.1 Å². The van der Waals surface area contributed by atoms with E-state index in [9.17, 15) is 4.79 Å². The molecule has 0 spiro atoms. The summed E-state index contributed by atoms with van der Waals surface area (Å²) in [4.78, 5) is 12.0. The van der Waals surface area contributed by atoms with Crippen LogP contribution in [0.3, 0.4) is 0 Å². The van der Waals surface area contributed by atoms with E-state index < -0.39 is 4.32 Å². The van der Waals surface area contributed by atoms with Gasteiger partial charge in [-0.1, -0.05) is 46.3 Å². The van der Waals surface area contributed by atoms with Crippen LogP contribution in [0.15, 0.2) is 36.4 Å². The highest BCUT2D eigenvalue weighted by atomic mass is 79.9. The summed E-state index contributed by atoms with van der Waals surface area (Å²) in [6.45, 7) is 4.09. The lowest BCUT2D eigenvalue weighted by Gasteiger charge is -2.18. The molecule has 20 heavy (non-hydrogen) atoms. The minimum Gasteiger partial charge on any atom is -0.496 e. The van der Waals surface area contributed by atoms with E-state index in [1.807, 2.05) is 44.2 Å². The van der Waals surface area contributed by atoms with Gasteiger partial charge in [0.1, 0.15) is 5.75 Å². The molecule has 0 bridgehead atoms. The Kier molecular flexibility index (Phi) is 4.33. The first kappa shape index (κ1) is 14.9. The fourth-order valence-electron chi connectivity index (χ4n) is 2.07. The number of nitrogens with one attached hydrogen (secondary N) is 1. The van der Waals surface area contributed by atoms with Gasteiger partial charge in [0.25, 0.3) is 0 Å². The fraction of sp³-hybridized carbons (Fsp3) is 0.312. The van der Waals surface area contributed by atoms with Gasteiger partial charge in [0.2, 0.25) is 5.91 Å². The maximum atomic E-state index is 12.0. The molecule has 0 radical (unpaired) electrons. The number of hydrogen-bond acceptors (Lipinski definition) is 2. The molecule has 0 aromatic heterocycles. The minimum atomic E-state index is -0.579. The topological polar surface area (TPSA) is 38.3 Å². The molecule has 3 nitrogen and oxygen atoms in total. The van der Waals surface area contributed by atoms with Crippen molar-refractivity contribution in [3.8, 4) is 5.75 Å². The molecule has 4 heteroatoms. The van der Waals surface area contributed by atoms with Crippen LogP contribution in [0.25, 0.3) is 10.8 Å². The lowest BCUT2D eigenvalue weighted by Crippen LogP contribution is -2.37. The monoisotopic (exact) mass is 335 g/mol. The van der Waals surface area contributed by atoms with Gasteiger partial charge in [-0.3, -0.25) is 4.79 Å². The van der Waals surface area contributed by atoms with Crippen molar-refractivity contribution >= 4 is 32.6 Å². The summed E-state index contributed by atoms with van der Waals surface area (Å²) in [5, 5.41) is 5.17. The minimum absolute atomic E-state index is 0.0486. The van der Waals surface area contributed by atoms with Gasteiger partial charge in [-0.2, -0.15) is 0 Å². The molecule has 2 aromatic carbocycles. The second-order valence-corrected chi connectivity index (χ2v) is 7.11. The molecule has 1 amide bonds. The summed E-state index contributed by atoms with van der Waals surface area (Å²) in [5.74, 6) is 0.740. The first-order valence-electron chi connectivity index (χ1n) is 6.45. The lowest BCUT2D eigenvalue weighted by molar-refractivity contribution is -0.122. The van der Waals surface area contributed by atoms with Gasteiger partial charge in [0.15, 0.2) is 0 Å². The van der Waals surface area contributed by atoms with Crippen molar-refractivity contribution in [1.29, 1.82) is 0 Å². The molecular formula is C16H18BrNO2. The van der Waals surface area contributed by atoms with Crippen molar-refractivity contribution in [3.63, 3.8) is 0 Å². The van der Waals surface area contributed by atoms with E-state index in [2.05, 4.69) is 27.3 Å².